The van der Waals surface area contributed by atoms with Crippen molar-refractivity contribution in [2.75, 3.05) is 50.8 Å². The molecule has 2 saturated heterocycles. The zero-order valence-electron chi connectivity index (χ0n) is 18.4. The molecule has 3 aliphatic rings. The molecule has 1 amide bonds. The predicted octanol–water partition coefficient (Wildman–Crippen LogP) is 2.81. The first-order chi connectivity index (χ1) is 15.6. The average Bonchev–Trinajstić information content (AvgIpc) is 3.25. The zero-order chi connectivity index (χ0) is 22.1. The topological polar surface area (TPSA) is 74.7 Å². The molecule has 2 aliphatic heterocycles. The summed E-state index contributed by atoms with van der Waals surface area (Å²) in [6, 6.07) is 3.85. The molecule has 5 rings (SSSR count). The molecular weight excluding hydrogens is 411 g/mol. The van der Waals surface area contributed by atoms with Gasteiger partial charge in [-0.15, -0.1) is 0 Å². The minimum atomic E-state index is -0.366. The lowest BCUT2D eigenvalue weighted by Gasteiger charge is -2.48. The van der Waals surface area contributed by atoms with Crippen LogP contribution in [0.2, 0.25) is 0 Å². The first-order valence-electron chi connectivity index (χ1n) is 11.4. The number of hydrogen-bond donors (Lipinski definition) is 0. The summed E-state index contributed by atoms with van der Waals surface area (Å²) in [7, 11) is 0. The smallest absolute Gasteiger partial charge is 0.409 e. The molecule has 3 fully saturated rings. The van der Waals surface area contributed by atoms with Crippen molar-refractivity contribution in [1.82, 2.24) is 24.8 Å². The number of anilines is 1. The summed E-state index contributed by atoms with van der Waals surface area (Å²) in [5, 5.41) is 0. The summed E-state index contributed by atoms with van der Waals surface area (Å²) < 4.78 is 19.1. The standard InChI is InChI=1S/C23H29FN6O2/c1-2-32-22(31)30-14-23(15-30)5-3-18(12-23)28-7-9-29(10-8-28)21-19(11-17(24)13-26-21)20-4-6-25-16-27-20/h4,6,11,13,16,18H,2-3,5,7-10,12,14-15H2,1H3/t18-/m1/s1. The lowest BCUT2D eigenvalue weighted by molar-refractivity contribution is -0.00294. The number of carbonyl (C=O) groups is 1. The van der Waals surface area contributed by atoms with Crippen LogP contribution in [0.15, 0.2) is 30.9 Å². The molecule has 0 N–H and O–H groups in total. The highest BCUT2D eigenvalue weighted by atomic mass is 19.1. The summed E-state index contributed by atoms with van der Waals surface area (Å²) in [6.45, 7) is 7.50. The summed E-state index contributed by atoms with van der Waals surface area (Å²) >= 11 is 0. The number of likely N-dealkylation sites (tertiary alicyclic amines) is 1. The second-order valence-corrected chi connectivity index (χ2v) is 9.09. The Morgan fingerprint density at radius 2 is 2.06 bits per heavy atom. The third-order valence-electron chi connectivity index (χ3n) is 7.08. The van der Waals surface area contributed by atoms with Crippen LogP contribution in [0.5, 0.6) is 0 Å². The highest BCUT2D eigenvalue weighted by Crippen LogP contribution is 2.47. The van der Waals surface area contributed by atoms with Crippen molar-refractivity contribution in [3.63, 3.8) is 0 Å². The van der Waals surface area contributed by atoms with Crippen LogP contribution in [0.25, 0.3) is 11.3 Å². The Morgan fingerprint density at radius 3 is 2.78 bits per heavy atom. The van der Waals surface area contributed by atoms with Gasteiger partial charge in [-0.25, -0.2) is 24.1 Å². The van der Waals surface area contributed by atoms with E-state index >= 15 is 0 Å². The monoisotopic (exact) mass is 440 g/mol. The van der Waals surface area contributed by atoms with Crippen LogP contribution in [-0.4, -0.2) is 82.8 Å². The molecule has 0 aromatic carbocycles. The number of carbonyl (C=O) groups excluding carboxylic acids is 1. The highest BCUT2D eigenvalue weighted by molar-refractivity contribution is 5.73. The van der Waals surface area contributed by atoms with Crippen molar-refractivity contribution in [3.05, 3.63) is 36.7 Å². The Bertz CT molecular complexity index is 960. The number of pyridine rings is 1. The largest absolute Gasteiger partial charge is 0.450 e. The fourth-order valence-electron chi connectivity index (χ4n) is 5.50. The molecule has 2 aromatic heterocycles. The van der Waals surface area contributed by atoms with E-state index in [-0.39, 0.29) is 17.3 Å². The van der Waals surface area contributed by atoms with E-state index in [1.165, 1.54) is 31.4 Å². The molecule has 1 spiro atoms. The van der Waals surface area contributed by atoms with Crippen molar-refractivity contribution < 1.29 is 13.9 Å². The number of amides is 1. The zero-order valence-corrected chi connectivity index (χ0v) is 18.4. The second-order valence-electron chi connectivity index (χ2n) is 9.09. The molecule has 1 atom stereocenters. The first kappa shape index (κ1) is 21.1. The number of halogens is 1. The van der Waals surface area contributed by atoms with Crippen LogP contribution >= 0.6 is 0 Å². The number of rotatable bonds is 4. The van der Waals surface area contributed by atoms with Crippen molar-refractivity contribution in [1.29, 1.82) is 0 Å². The van der Waals surface area contributed by atoms with Gasteiger partial charge in [-0.05, 0) is 38.3 Å². The van der Waals surface area contributed by atoms with E-state index in [2.05, 4.69) is 24.8 Å². The van der Waals surface area contributed by atoms with E-state index in [9.17, 15) is 9.18 Å². The van der Waals surface area contributed by atoms with Crippen LogP contribution < -0.4 is 4.90 Å². The van der Waals surface area contributed by atoms with Crippen molar-refractivity contribution in [2.24, 2.45) is 5.41 Å². The molecule has 0 bridgehead atoms. The molecule has 1 aliphatic carbocycles. The summed E-state index contributed by atoms with van der Waals surface area (Å²) in [6.07, 6.45) is 7.73. The van der Waals surface area contributed by atoms with Gasteiger partial charge in [-0.2, -0.15) is 0 Å². The van der Waals surface area contributed by atoms with Crippen molar-refractivity contribution in [2.45, 2.75) is 32.2 Å². The lowest BCUT2D eigenvalue weighted by Crippen LogP contribution is -2.58. The summed E-state index contributed by atoms with van der Waals surface area (Å²) in [4.78, 5) is 31.2. The number of ether oxygens (including phenoxy) is 1. The van der Waals surface area contributed by atoms with Gasteiger partial charge in [0.25, 0.3) is 0 Å². The molecular formula is C23H29FN6O2. The van der Waals surface area contributed by atoms with Crippen molar-refractivity contribution >= 4 is 11.9 Å². The second kappa shape index (κ2) is 8.61. The Morgan fingerprint density at radius 1 is 1.25 bits per heavy atom. The van der Waals surface area contributed by atoms with Gasteiger partial charge in [0.1, 0.15) is 18.0 Å². The minimum Gasteiger partial charge on any atom is -0.450 e. The van der Waals surface area contributed by atoms with Gasteiger partial charge in [-0.3, -0.25) is 4.90 Å². The van der Waals surface area contributed by atoms with E-state index in [4.69, 9.17) is 4.74 Å². The third-order valence-corrected chi connectivity index (χ3v) is 7.08. The summed E-state index contributed by atoms with van der Waals surface area (Å²) in [5.74, 6) is 0.409. The maximum absolute atomic E-state index is 13.9. The van der Waals surface area contributed by atoms with Crippen molar-refractivity contribution in [3.8, 4) is 11.3 Å². The average molecular weight is 441 g/mol. The van der Waals surface area contributed by atoms with Gasteiger partial charge in [-0.1, -0.05) is 0 Å². The normalized spacial score (nSPS) is 22.8. The predicted molar refractivity (Wildman–Crippen MR) is 118 cm³/mol. The molecule has 170 valence electrons. The quantitative estimate of drug-likeness (QED) is 0.724. The lowest BCUT2D eigenvalue weighted by atomic mass is 9.78. The van der Waals surface area contributed by atoms with Gasteiger partial charge in [0.2, 0.25) is 0 Å². The number of aromatic nitrogens is 3. The molecule has 0 unspecified atom stereocenters. The van der Waals surface area contributed by atoms with Crippen LogP contribution in [0.4, 0.5) is 15.0 Å². The van der Waals surface area contributed by atoms with E-state index in [1.807, 2.05) is 11.8 Å². The molecule has 9 heteroatoms. The van der Waals surface area contributed by atoms with E-state index < -0.39 is 0 Å². The maximum atomic E-state index is 13.9. The molecule has 8 nitrogen and oxygen atoms in total. The molecule has 1 saturated carbocycles. The third kappa shape index (κ3) is 4.01. The highest BCUT2D eigenvalue weighted by Gasteiger charge is 2.51. The molecule has 0 radical (unpaired) electrons. The Hall–Kier alpha value is -2.81. The Balaban J connectivity index is 1.20. The Kier molecular flexibility index (Phi) is 5.67. The minimum absolute atomic E-state index is 0.179. The van der Waals surface area contributed by atoms with E-state index in [0.29, 0.717) is 23.9 Å². The van der Waals surface area contributed by atoms with Crippen LogP contribution in [0.1, 0.15) is 26.2 Å². The number of piperazine rings is 1. The van der Waals surface area contributed by atoms with Gasteiger partial charge in [0.15, 0.2) is 0 Å². The Labute approximate surface area is 187 Å². The molecule has 4 heterocycles. The number of nitrogens with zero attached hydrogens (tertiary/aromatic N) is 6. The fraction of sp³-hybridized carbons (Fsp3) is 0.565. The van der Waals surface area contributed by atoms with Gasteiger partial charge < -0.3 is 14.5 Å². The summed E-state index contributed by atoms with van der Waals surface area (Å²) in [5.41, 5.74) is 1.65. The van der Waals surface area contributed by atoms with E-state index in [0.717, 1.165) is 51.5 Å². The van der Waals surface area contributed by atoms with Crippen LogP contribution in [0, 0.1) is 11.2 Å². The molecule has 32 heavy (non-hydrogen) atoms. The van der Waals surface area contributed by atoms with E-state index in [1.54, 1.807) is 12.3 Å². The van der Waals surface area contributed by atoms with Gasteiger partial charge in [0, 0.05) is 62.5 Å². The molecule has 2 aromatic rings. The fourth-order valence-corrected chi connectivity index (χ4v) is 5.50. The maximum Gasteiger partial charge on any atom is 0.409 e. The number of hydrogen-bond acceptors (Lipinski definition) is 7. The van der Waals surface area contributed by atoms with Gasteiger partial charge in [0.05, 0.1) is 18.5 Å². The van der Waals surface area contributed by atoms with Crippen LogP contribution in [0.3, 0.4) is 0 Å². The van der Waals surface area contributed by atoms with Gasteiger partial charge >= 0.3 is 6.09 Å². The van der Waals surface area contributed by atoms with Crippen LogP contribution in [-0.2, 0) is 4.74 Å². The SMILES string of the molecule is CCOC(=O)N1CC2(CC[C@@H](N3CCN(c4ncc(F)cc4-c4ccncn4)CC3)C2)C1. The first-order valence-corrected chi connectivity index (χ1v) is 11.4.